The molecule has 59 heavy (non-hydrogen) atoms. The SMILES string of the molecule is CN(c1nccnc1CNc1nc(Nc2ccc(CN[C@@H]3CCN(c4ccc5c(c4)C(=O)N(C4CCC(=O)NC4=O)C5=O)C[C@@H]3F)cc2)ncc1C(F)(F)F)S(C)(=O)=O. The smallest absolute Gasteiger partial charge is 0.368 e. The molecule has 7 rings (SSSR count). The van der Waals surface area contributed by atoms with E-state index in [1.165, 1.54) is 31.6 Å². The van der Waals surface area contributed by atoms with Gasteiger partial charge in [-0.3, -0.25) is 38.7 Å². The third-order valence-corrected chi connectivity index (χ3v) is 11.3. The lowest BCUT2D eigenvalue weighted by molar-refractivity contribution is -0.138. The van der Waals surface area contributed by atoms with Crippen molar-refractivity contribution in [2.24, 2.45) is 0 Å². The summed E-state index contributed by atoms with van der Waals surface area (Å²) in [6.45, 7) is 0.425. The van der Waals surface area contributed by atoms with Gasteiger partial charge in [0.15, 0.2) is 5.82 Å². The fraction of sp³-hybridized carbons (Fsp3) is 0.351. The molecule has 2 aromatic heterocycles. The number of anilines is 5. The summed E-state index contributed by atoms with van der Waals surface area (Å²) in [5.74, 6) is -3.23. The number of alkyl halides is 4. The fourth-order valence-electron chi connectivity index (χ4n) is 6.96. The lowest BCUT2D eigenvalue weighted by Crippen LogP contribution is -2.54. The Labute approximate surface area is 334 Å². The van der Waals surface area contributed by atoms with Gasteiger partial charge in [0.2, 0.25) is 27.8 Å². The number of nitrogens with one attached hydrogen (secondary N) is 4. The van der Waals surface area contributed by atoms with Gasteiger partial charge >= 0.3 is 6.18 Å². The van der Waals surface area contributed by atoms with Crippen LogP contribution in [-0.4, -0.2) is 102 Å². The highest BCUT2D eigenvalue weighted by Gasteiger charge is 2.45. The number of sulfonamides is 1. The van der Waals surface area contributed by atoms with Gasteiger partial charge in [-0.05, 0) is 48.7 Å². The standard InChI is InChI=1S/C37H37F4N11O6S/c1-50(59(2,57)58)32-28(42-12-13-43-32)18-45-31-25(37(39,40)41)17-46-36(49-31)47-21-5-3-20(4-6-21)16-44-27-11-14-51(19-26(27)38)22-7-8-23-24(15-22)35(56)52(34(23)55)29-9-10-30(53)48-33(29)54/h3-8,12-13,15,17,26-27,29,44H,9-11,14,16,18-19H2,1-2H3,(H,48,53,54)(H2,45,46,47,49)/t26-,27+,29?/m0/s1. The third-order valence-electron chi connectivity index (χ3n) is 10.2. The molecule has 0 aliphatic carbocycles. The fourth-order valence-corrected chi connectivity index (χ4v) is 7.43. The number of hydrogen-bond acceptors (Lipinski definition) is 14. The Morgan fingerprint density at radius 2 is 1.68 bits per heavy atom. The van der Waals surface area contributed by atoms with Crippen LogP contribution >= 0.6 is 0 Å². The van der Waals surface area contributed by atoms with Crippen LogP contribution in [0.3, 0.4) is 0 Å². The summed E-state index contributed by atoms with van der Waals surface area (Å²) >= 11 is 0. The van der Waals surface area contributed by atoms with Crippen LogP contribution in [0, 0.1) is 0 Å². The molecule has 0 radical (unpaired) electrons. The molecular formula is C37H37F4N11O6S. The molecule has 310 valence electrons. The van der Waals surface area contributed by atoms with E-state index in [2.05, 4.69) is 41.2 Å². The molecule has 1 unspecified atom stereocenters. The van der Waals surface area contributed by atoms with Gasteiger partial charge in [0.1, 0.15) is 29.3 Å². The van der Waals surface area contributed by atoms with Crippen molar-refractivity contribution >= 4 is 62.6 Å². The van der Waals surface area contributed by atoms with Crippen molar-refractivity contribution in [1.29, 1.82) is 0 Å². The van der Waals surface area contributed by atoms with E-state index in [-0.39, 0.29) is 54.5 Å². The number of amides is 4. The van der Waals surface area contributed by atoms with Gasteiger partial charge in [-0.25, -0.2) is 22.8 Å². The number of carbonyl (C=O) groups is 4. The van der Waals surface area contributed by atoms with Gasteiger partial charge in [-0.15, -0.1) is 0 Å². The van der Waals surface area contributed by atoms with E-state index in [1.807, 2.05) is 0 Å². The zero-order chi connectivity index (χ0) is 42.2. The number of halogens is 4. The van der Waals surface area contributed by atoms with Crippen LogP contribution in [0.2, 0.25) is 0 Å². The van der Waals surface area contributed by atoms with E-state index in [0.29, 0.717) is 37.1 Å². The number of carbonyl (C=O) groups excluding carboxylic acids is 4. The molecule has 22 heteroatoms. The first-order valence-corrected chi connectivity index (χ1v) is 20.1. The predicted octanol–water partition coefficient (Wildman–Crippen LogP) is 3.14. The summed E-state index contributed by atoms with van der Waals surface area (Å²) in [6.07, 6.45) is -1.53. The van der Waals surface area contributed by atoms with Gasteiger partial charge in [0, 0.05) is 62.6 Å². The Hall–Kier alpha value is -6.29. The number of aromatic nitrogens is 4. The zero-order valence-corrected chi connectivity index (χ0v) is 32.3. The first kappa shape index (κ1) is 40.9. The first-order valence-electron chi connectivity index (χ1n) is 18.2. The highest BCUT2D eigenvalue weighted by molar-refractivity contribution is 7.92. The Morgan fingerprint density at radius 1 is 0.949 bits per heavy atom. The molecule has 0 bridgehead atoms. The monoisotopic (exact) mass is 839 g/mol. The van der Waals surface area contributed by atoms with Gasteiger partial charge in [-0.1, -0.05) is 12.1 Å². The Morgan fingerprint density at radius 3 is 2.37 bits per heavy atom. The quantitative estimate of drug-likeness (QED) is 0.119. The van der Waals surface area contributed by atoms with E-state index >= 15 is 4.39 Å². The molecule has 5 heterocycles. The lowest BCUT2D eigenvalue weighted by atomic mass is 10.0. The number of piperidine rings is 2. The minimum absolute atomic E-state index is 0.00597. The second-order valence-corrected chi connectivity index (χ2v) is 16.1. The molecule has 4 amide bonds. The minimum Gasteiger partial charge on any atom is -0.368 e. The Kier molecular flexibility index (Phi) is 11.2. The maximum Gasteiger partial charge on any atom is 0.421 e. The van der Waals surface area contributed by atoms with Crippen molar-refractivity contribution in [2.45, 2.75) is 56.8 Å². The van der Waals surface area contributed by atoms with Gasteiger partial charge in [0.25, 0.3) is 11.8 Å². The molecular weight excluding hydrogens is 803 g/mol. The number of imide groups is 2. The summed E-state index contributed by atoms with van der Waals surface area (Å²) in [5, 5.41) is 10.9. The molecule has 17 nitrogen and oxygen atoms in total. The van der Waals surface area contributed by atoms with Crippen molar-refractivity contribution in [3.63, 3.8) is 0 Å². The highest BCUT2D eigenvalue weighted by Crippen LogP contribution is 2.35. The Balaban J connectivity index is 0.943. The van der Waals surface area contributed by atoms with Crippen LogP contribution in [0.4, 0.5) is 46.5 Å². The molecule has 0 spiro atoms. The summed E-state index contributed by atoms with van der Waals surface area (Å²) in [4.78, 5) is 68.9. The molecule has 2 aromatic carbocycles. The average Bonchev–Trinajstić information content (AvgIpc) is 3.44. The molecule has 4 aromatic rings. The van der Waals surface area contributed by atoms with Crippen LogP contribution in [0.1, 0.15) is 56.8 Å². The Bertz CT molecular complexity index is 2420. The predicted molar refractivity (Wildman–Crippen MR) is 205 cm³/mol. The lowest BCUT2D eigenvalue weighted by Gasteiger charge is -2.36. The van der Waals surface area contributed by atoms with E-state index in [1.54, 1.807) is 35.2 Å². The number of benzene rings is 2. The van der Waals surface area contributed by atoms with Gasteiger partial charge < -0.3 is 20.9 Å². The van der Waals surface area contributed by atoms with Crippen LogP contribution in [0.25, 0.3) is 0 Å². The number of rotatable bonds is 12. The van der Waals surface area contributed by atoms with Crippen molar-refractivity contribution < 1.29 is 45.2 Å². The van der Waals surface area contributed by atoms with E-state index in [0.717, 1.165) is 21.0 Å². The minimum atomic E-state index is -4.81. The second-order valence-electron chi connectivity index (χ2n) is 14.1. The average molecular weight is 840 g/mol. The van der Waals surface area contributed by atoms with Crippen molar-refractivity contribution in [3.05, 3.63) is 89.0 Å². The first-order chi connectivity index (χ1) is 28.0. The van der Waals surface area contributed by atoms with E-state index < -0.39 is 69.5 Å². The molecule has 3 aliphatic rings. The zero-order valence-electron chi connectivity index (χ0n) is 31.5. The van der Waals surface area contributed by atoms with Crippen molar-refractivity contribution in [1.82, 2.24) is 35.5 Å². The third kappa shape index (κ3) is 8.77. The summed E-state index contributed by atoms with van der Waals surface area (Å²) in [5.41, 5.74) is 0.961. The second kappa shape index (κ2) is 16.2. The van der Waals surface area contributed by atoms with Crippen LogP contribution < -0.4 is 30.5 Å². The summed E-state index contributed by atoms with van der Waals surface area (Å²) in [7, 11) is -2.49. The molecule has 3 atom stereocenters. The van der Waals surface area contributed by atoms with Crippen LogP contribution in [0.5, 0.6) is 0 Å². The van der Waals surface area contributed by atoms with E-state index in [9.17, 15) is 40.8 Å². The largest absolute Gasteiger partial charge is 0.421 e. The topological polar surface area (TPSA) is 212 Å². The van der Waals surface area contributed by atoms with Crippen molar-refractivity contribution in [3.8, 4) is 0 Å². The normalized spacial score (nSPS) is 19.7. The summed E-state index contributed by atoms with van der Waals surface area (Å²) in [6, 6.07) is 9.89. The number of fused-ring (bicyclic) bond motifs is 1. The maximum absolute atomic E-state index is 15.5. The molecule has 4 N–H and O–H groups in total. The number of hydrogen-bond donors (Lipinski definition) is 4. The summed E-state index contributed by atoms with van der Waals surface area (Å²) < 4.78 is 82.2. The molecule has 2 saturated heterocycles. The van der Waals surface area contributed by atoms with Crippen LogP contribution in [0.15, 0.2) is 61.1 Å². The van der Waals surface area contributed by atoms with Crippen molar-refractivity contribution in [2.75, 3.05) is 46.2 Å². The number of nitrogens with zero attached hydrogens (tertiary/aromatic N) is 7. The van der Waals surface area contributed by atoms with Gasteiger partial charge in [-0.2, -0.15) is 18.2 Å². The van der Waals surface area contributed by atoms with Gasteiger partial charge in [0.05, 0.1) is 30.5 Å². The molecule has 0 saturated carbocycles. The highest BCUT2D eigenvalue weighted by atomic mass is 32.2. The molecule has 2 fully saturated rings. The molecule has 3 aliphatic heterocycles. The maximum atomic E-state index is 15.5. The van der Waals surface area contributed by atoms with Crippen LogP contribution in [-0.2, 0) is 38.9 Å². The van der Waals surface area contributed by atoms with E-state index in [4.69, 9.17) is 0 Å².